The fourth-order valence-electron chi connectivity index (χ4n) is 2.48. The maximum Gasteiger partial charge on any atom is 0.214 e. The Labute approximate surface area is 121 Å². The minimum Gasteiger partial charge on any atom is -0.388 e. The quantitative estimate of drug-likeness (QED) is 0.878. The molecule has 0 amide bonds. The third kappa shape index (κ3) is 3.22. The highest BCUT2D eigenvalue weighted by atomic mass is 32.2. The van der Waals surface area contributed by atoms with Crippen LogP contribution in [-0.4, -0.2) is 23.6 Å². The summed E-state index contributed by atoms with van der Waals surface area (Å²) >= 11 is 0. The van der Waals surface area contributed by atoms with Gasteiger partial charge in [0.1, 0.15) is 0 Å². The van der Waals surface area contributed by atoms with Crippen molar-refractivity contribution in [2.24, 2.45) is 0 Å². The van der Waals surface area contributed by atoms with Crippen LogP contribution in [0.3, 0.4) is 0 Å². The van der Waals surface area contributed by atoms with Crippen LogP contribution >= 0.6 is 0 Å². The fourth-order valence-corrected chi connectivity index (χ4v) is 4.06. The van der Waals surface area contributed by atoms with Gasteiger partial charge in [0.2, 0.25) is 10.0 Å². The molecule has 0 radical (unpaired) electrons. The highest BCUT2D eigenvalue weighted by molar-refractivity contribution is 7.89. The van der Waals surface area contributed by atoms with Gasteiger partial charge in [-0.3, -0.25) is 0 Å². The minimum absolute atomic E-state index is 0.224. The van der Waals surface area contributed by atoms with Crippen LogP contribution in [0.2, 0.25) is 0 Å². The Kier molecular flexibility index (Phi) is 4.83. The molecule has 0 saturated heterocycles. The van der Waals surface area contributed by atoms with Gasteiger partial charge in [-0.05, 0) is 29.5 Å². The molecule has 0 aliphatic carbocycles. The van der Waals surface area contributed by atoms with Gasteiger partial charge in [-0.15, -0.1) is 0 Å². The van der Waals surface area contributed by atoms with Crippen LogP contribution in [0.5, 0.6) is 0 Å². The van der Waals surface area contributed by atoms with Crippen LogP contribution in [0.4, 0.5) is 0 Å². The maximum atomic E-state index is 12.2. The van der Waals surface area contributed by atoms with Crippen molar-refractivity contribution in [2.45, 2.75) is 52.3 Å². The van der Waals surface area contributed by atoms with E-state index in [2.05, 4.69) is 0 Å². The summed E-state index contributed by atoms with van der Waals surface area (Å²) in [7, 11) is -3.16. The molecule has 1 aromatic carbocycles. The van der Waals surface area contributed by atoms with Crippen molar-refractivity contribution < 1.29 is 13.5 Å². The summed E-state index contributed by atoms with van der Waals surface area (Å²) in [5.74, 6) is 0.224. The van der Waals surface area contributed by atoms with Gasteiger partial charge in [0.15, 0.2) is 0 Å². The molecule has 5 heteroatoms. The summed E-state index contributed by atoms with van der Waals surface area (Å²) in [6.45, 7) is 4.82. The van der Waals surface area contributed by atoms with E-state index in [1.165, 1.54) is 0 Å². The number of nitrogens with zero attached hydrogens (tertiary/aromatic N) is 1. The van der Waals surface area contributed by atoms with Gasteiger partial charge >= 0.3 is 0 Å². The van der Waals surface area contributed by atoms with Crippen LogP contribution in [0.15, 0.2) is 18.2 Å². The third-order valence-electron chi connectivity index (χ3n) is 3.84. The zero-order valence-corrected chi connectivity index (χ0v) is 13.0. The summed E-state index contributed by atoms with van der Waals surface area (Å²) in [5, 5.41) is 9.87. The summed E-state index contributed by atoms with van der Waals surface area (Å²) in [6.07, 6.45) is 1.78. The highest BCUT2D eigenvalue weighted by Crippen LogP contribution is 2.29. The molecule has 1 aliphatic rings. The molecular weight excluding hydrogens is 274 g/mol. The first-order chi connectivity index (χ1) is 9.47. The van der Waals surface area contributed by atoms with Crippen molar-refractivity contribution in [3.05, 3.63) is 34.9 Å². The molecular formula is C15H23NO3S. The van der Waals surface area contributed by atoms with Gasteiger partial charge in [0.05, 0.1) is 11.9 Å². The van der Waals surface area contributed by atoms with E-state index in [4.69, 9.17) is 0 Å². The predicted octanol–water partition coefficient (Wildman–Crippen LogP) is 2.58. The monoisotopic (exact) mass is 297 g/mol. The van der Waals surface area contributed by atoms with E-state index in [0.717, 1.165) is 23.1 Å². The lowest BCUT2D eigenvalue weighted by molar-refractivity contribution is 0.173. The number of sulfonamides is 1. The Morgan fingerprint density at radius 2 is 1.95 bits per heavy atom. The number of aliphatic hydroxyl groups excluding tert-OH is 1. The van der Waals surface area contributed by atoms with Gasteiger partial charge in [0.25, 0.3) is 0 Å². The first kappa shape index (κ1) is 15.5. The Bertz CT molecular complexity index is 568. The van der Waals surface area contributed by atoms with Gasteiger partial charge in [0, 0.05) is 13.1 Å². The van der Waals surface area contributed by atoms with E-state index in [0.29, 0.717) is 25.9 Å². The van der Waals surface area contributed by atoms with E-state index >= 15 is 0 Å². The van der Waals surface area contributed by atoms with E-state index in [-0.39, 0.29) is 5.75 Å². The topological polar surface area (TPSA) is 57.6 Å². The molecule has 1 N–H and O–H groups in total. The third-order valence-corrected chi connectivity index (χ3v) is 5.69. The van der Waals surface area contributed by atoms with Crippen molar-refractivity contribution >= 4 is 10.0 Å². The second-order valence-electron chi connectivity index (χ2n) is 5.39. The number of hydrogen-bond acceptors (Lipinski definition) is 3. The number of benzene rings is 1. The molecule has 1 unspecified atom stereocenters. The van der Waals surface area contributed by atoms with Crippen molar-refractivity contribution in [2.75, 3.05) is 5.75 Å². The molecule has 1 aromatic rings. The van der Waals surface area contributed by atoms with Crippen molar-refractivity contribution in [3.63, 3.8) is 0 Å². The summed E-state index contributed by atoms with van der Waals surface area (Å²) in [6, 6.07) is 5.78. The Balaban J connectivity index is 2.15. The summed E-state index contributed by atoms with van der Waals surface area (Å²) in [4.78, 5) is 0. The zero-order valence-electron chi connectivity index (χ0n) is 12.2. The number of aliphatic hydroxyl groups is 1. The summed E-state index contributed by atoms with van der Waals surface area (Å²) in [5.41, 5.74) is 2.95. The second-order valence-corrected chi connectivity index (χ2v) is 7.48. The predicted molar refractivity (Wildman–Crippen MR) is 79.6 cm³/mol. The minimum atomic E-state index is -3.16. The standard InChI is InChI=1S/C15H23NO3S/c1-3-5-8-20(18,19)16-10-13-7-6-12(15(17)4-2)9-14(13)11-16/h6-7,9,15,17H,3-5,8,10-11H2,1-2H3. The van der Waals surface area contributed by atoms with Crippen LogP contribution < -0.4 is 0 Å². The highest BCUT2D eigenvalue weighted by Gasteiger charge is 2.28. The molecule has 112 valence electrons. The van der Waals surface area contributed by atoms with Crippen molar-refractivity contribution in [1.29, 1.82) is 0 Å². The Hall–Kier alpha value is -0.910. The van der Waals surface area contributed by atoms with Crippen molar-refractivity contribution in [1.82, 2.24) is 4.31 Å². The molecule has 0 saturated carbocycles. The molecule has 20 heavy (non-hydrogen) atoms. The van der Waals surface area contributed by atoms with E-state index in [1.54, 1.807) is 4.31 Å². The van der Waals surface area contributed by atoms with Gasteiger partial charge < -0.3 is 5.11 Å². The molecule has 0 bridgehead atoms. The first-order valence-corrected chi connectivity index (χ1v) is 8.86. The molecule has 1 atom stereocenters. The lowest BCUT2D eigenvalue weighted by Gasteiger charge is -2.15. The maximum absolute atomic E-state index is 12.2. The average Bonchev–Trinajstić information content (AvgIpc) is 2.88. The Morgan fingerprint density at radius 1 is 1.25 bits per heavy atom. The summed E-state index contributed by atoms with van der Waals surface area (Å²) < 4.78 is 26.0. The molecule has 0 spiro atoms. The van der Waals surface area contributed by atoms with Gasteiger partial charge in [-0.25, -0.2) is 8.42 Å². The van der Waals surface area contributed by atoms with Crippen LogP contribution in [-0.2, 0) is 23.1 Å². The lowest BCUT2D eigenvalue weighted by Crippen LogP contribution is -2.28. The average molecular weight is 297 g/mol. The number of unbranched alkanes of at least 4 members (excludes halogenated alkanes) is 1. The zero-order chi connectivity index (χ0) is 14.8. The smallest absolute Gasteiger partial charge is 0.214 e. The van der Waals surface area contributed by atoms with Crippen molar-refractivity contribution in [3.8, 4) is 0 Å². The second kappa shape index (κ2) is 6.24. The Morgan fingerprint density at radius 3 is 2.60 bits per heavy atom. The number of rotatable bonds is 6. The first-order valence-electron chi connectivity index (χ1n) is 7.25. The number of hydrogen-bond donors (Lipinski definition) is 1. The van der Waals surface area contributed by atoms with E-state index < -0.39 is 16.1 Å². The molecule has 0 aromatic heterocycles. The van der Waals surface area contributed by atoms with Gasteiger partial charge in [-0.2, -0.15) is 4.31 Å². The number of fused-ring (bicyclic) bond motifs is 1. The lowest BCUT2D eigenvalue weighted by atomic mass is 10.0. The fraction of sp³-hybridized carbons (Fsp3) is 0.600. The molecule has 1 heterocycles. The SMILES string of the molecule is CCCCS(=O)(=O)N1Cc2ccc(C(O)CC)cc2C1. The molecule has 1 aliphatic heterocycles. The van der Waals surface area contributed by atoms with Crippen LogP contribution in [0.1, 0.15) is 55.9 Å². The molecule has 0 fully saturated rings. The largest absolute Gasteiger partial charge is 0.388 e. The van der Waals surface area contributed by atoms with E-state index in [9.17, 15) is 13.5 Å². The van der Waals surface area contributed by atoms with Gasteiger partial charge in [-0.1, -0.05) is 38.5 Å². The molecule has 4 nitrogen and oxygen atoms in total. The van der Waals surface area contributed by atoms with E-state index in [1.807, 2.05) is 32.0 Å². The van der Waals surface area contributed by atoms with Crippen LogP contribution in [0, 0.1) is 0 Å². The van der Waals surface area contributed by atoms with Crippen LogP contribution in [0.25, 0.3) is 0 Å². The normalized spacial score (nSPS) is 17.1. The molecule has 2 rings (SSSR count).